The van der Waals surface area contributed by atoms with Crippen LogP contribution in [-0.2, 0) is 13.0 Å². The zero-order valence-electron chi connectivity index (χ0n) is 15.2. The predicted molar refractivity (Wildman–Crippen MR) is 89.3 cm³/mol. The highest BCUT2D eigenvalue weighted by atomic mass is 15.3. The molecule has 0 radical (unpaired) electrons. The van der Waals surface area contributed by atoms with Gasteiger partial charge in [0.1, 0.15) is 12.2 Å². The fraction of sp³-hybridized carbons (Fsp3) is 0.882. The third kappa shape index (κ3) is 6.60. The Morgan fingerprint density at radius 2 is 1.76 bits per heavy atom. The highest BCUT2D eigenvalue weighted by Gasteiger charge is 2.27. The molecule has 21 heavy (non-hydrogen) atoms. The molecule has 0 saturated carbocycles. The van der Waals surface area contributed by atoms with Crippen molar-refractivity contribution in [1.82, 2.24) is 20.1 Å². The molecule has 4 nitrogen and oxygen atoms in total. The van der Waals surface area contributed by atoms with Crippen LogP contribution < -0.4 is 5.32 Å². The number of hydrogen-bond acceptors (Lipinski definition) is 3. The molecule has 1 rings (SSSR count). The Balaban J connectivity index is 2.80. The minimum absolute atomic E-state index is 0.148. The molecule has 1 aromatic heterocycles. The van der Waals surface area contributed by atoms with E-state index in [2.05, 4.69) is 75.5 Å². The molecule has 1 atom stereocenters. The van der Waals surface area contributed by atoms with Crippen LogP contribution in [0.2, 0.25) is 0 Å². The lowest BCUT2D eigenvalue weighted by Gasteiger charge is -2.33. The van der Waals surface area contributed by atoms with Crippen LogP contribution in [0.4, 0.5) is 0 Å². The maximum absolute atomic E-state index is 4.49. The van der Waals surface area contributed by atoms with Gasteiger partial charge in [-0.2, -0.15) is 5.10 Å². The first-order valence-corrected chi connectivity index (χ1v) is 8.11. The van der Waals surface area contributed by atoms with E-state index in [1.54, 1.807) is 6.33 Å². The minimum Gasteiger partial charge on any atom is -0.312 e. The van der Waals surface area contributed by atoms with Gasteiger partial charge in [-0.05, 0) is 44.6 Å². The van der Waals surface area contributed by atoms with Crippen LogP contribution in [0.3, 0.4) is 0 Å². The van der Waals surface area contributed by atoms with Gasteiger partial charge in [0, 0.05) is 18.5 Å². The first kappa shape index (κ1) is 18.1. The molecule has 1 unspecified atom stereocenters. The van der Waals surface area contributed by atoms with E-state index in [9.17, 15) is 0 Å². The van der Waals surface area contributed by atoms with Crippen molar-refractivity contribution in [2.75, 3.05) is 6.54 Å². The van der Waals surface area contributed by atoms with E-state index in [4.69, 9.17) is 0 Å². The van der Waals surface area contributed by atoms with Crippen molar-refractivity contribution in [3.8, 4) is 0 Å². The smallest absolute Gasteiger partial charge is 0.138 e. The summed E-state index contributed by atoms with van der Waals surface area (Å²) in [4.78, 5) is 4.49. The zero-order valence-corrected chi connectivity index (χ0v) is 15.2. The third-order valence-electron chi connectivity index (χ3n) is 3.77. The molecule has 0 spiro atoms. The van der Waals surface area contributed by atoms with Crippen LogP contribution in [0.5, 0.6) is 0 Å². The molecule has 4 heteroatoms. The SMILES string of the molecule is CC(C)Cn1ncnc1CC(CNC(C)(C)C)C(C)(C)C. The molecule has 0 aliphatic rings. The Labute approximate surface area is 130 Å². The topological polar surface area (TPSA) is 42.7 Å². The summed E-state index contributed by atoms with van der Waals surface area (Å²) < 4.78 is 2.07. The predicted octanol–water partition coefficient (Wildman–Crippen LogP) is 3.53. The van der Waals surface area contributed by atoms with E-state index in [-0.39, 0.29) is 11.0 Å². The maximum atomic E-state index is 4.49. The van der Waals surface area contributed by atoms with Crippen LogP contribution in [0.25, 0.3) is 0 Å². The van der Waals surface area contributed by atoms with Crippen molar-refractivity contribution in [3.63, 3.8) is 0 Å². The lowest BCUT2D eigenvalue weighted by molar-refractivity contribution is 0.208. The number of hydrogen-bond donors (Lipinski definition) is 1. The summed E-state index contributed by atoms with van der Waals surface area (Å²) in [6, 6.07) is 0. The van der Waals surface area contributed by atoms with Crippen molar-refractivity contribution < 1.29 is 0 Å². The van der Waals surface area contributed by atoms with E-state index in [1.807, 2.05) is 0 Å². The largest absolute Gasteiger partial charge is 0.312 e. The Bertz CT molecular complexity index is 421. The van der Waals surface area contributed by atoms with E-state index in [0.29, 0.717) is 11.8 Å². The molecule has 0 aliphatic carbocycles. The van der Waals surface area contributed by atoms with Gasteiger partial charge in [0.25, 0.3) is 0 Å². The van der Waals surface area contributed by atoms with E-state index in [1.165, 1.54) is 0 Å². The molecule has 122 valence electrons. The van der Waals surface area contributed by atoms with Gasteiger partial charge in [-0.3, -0.25) is 0 Å². The van der Waals surface area contributed by atoms with Crippen LogP contribution >= 0.6 is 0 Å². The van der Waals surface area contributed by atoms with E-state index in [0.717, 1.165) is 25.3 Å². The van der Waals surface area contributed by atoms with Crippen molar-refractivity contribution >= 4 is 0 Å². The highest BCUT2D eigenvalue weighted by Crippen LogP contribution is 2.28. The lowest BCUT2D eigenvalue weighted by atomic mass is 9.78. The molecule has 1 aromatic rings. The average Bonchev–Trinajstić information content (AvgIpc) is 2.67. The Hall–Kier alpha value is -0.900. The van der Waals surface area contributed by atoms with Gasteiger partial charge < -0.3 is 5.32 Å². The van der Waals surface area contributed by atoms with Gasteiger partial charge in [0.2, 0.25) is 0 Å². The molecule has 0 aromatic carbocycles. The molecule has 0 amide bonds. The molecule has 1 N–H and O–H groups in total. The summed E-state index contributed by atoms with van der Waals surface area (Å²) in [5.41, 5.74) is 0.391. The van der Waals surface area contributed by atoms with Gasteiger partial charge in [-0.15, -0.1) is 0 Å². The lowest BCUT2D eigenvalue weighted by Crippen LogP contribution is -2.43. The summed E-state index contributed by atoms with van der Waals surface area (Å²) in [5.74, 6) is 2.23. The monoisotopic (exact) mass is 294 g/mol. The second kappa shape index (κ2) is 6.91. The Kier molecular flexibility index (Phi) is 5.97. The minimum atomic E-state index is 0.148. The zero-order chi connectivity index (χ0) is 16.3. The fourth-order valence-electron chi connectivity index (χ4n) is 2.28. The first-order chi connectivity index (χ1) is 9.49. The van der Waals surface area contributed by atoms with Crippen molar-refractivity contribution in [1.29, 1.82) is 0 Å². The summed E-state index contributed by atoms with van der Waals surface area (Å²) in [7, 11) is 0. The van der Waals surface area contributed by atoms with Gasteiger partial charge in [-0.25, -0.2) is 9.67 Å². The van der Waals surface area contributed by atoms with Crippen molar-refractivity contribution in [2.45, 2.75) is 73.9 Å². The molecule has 1 heterocycles. The molecular weight excluding hydrogens is 260 g/mol. The fourth-order valence-corrected chi connectivity index (χ4v) is 2.28. The standard InChI is InChI=1S/C17H34N4/c1-13(2)11-21-15(18-12-20-21)9-14(16(3,4)5)10-19-17(6,7)8/h12-14,19H,9-11H2,1-8H3. The van der Waals surface area contributed by atoms with Crippen LogP contribution in [0.1, 0.15) is 61.2 Å². The Morgan fingerprint density at radius 1 is 1.14 bits per heavy atom. The number of rotatable bonds is 6. The quantitative estimate of drug-likeness (QED) is 0.873. The van der Waals surface area contributed by atoms with Gasteiger partial charge in [0.15, 0.2) is 0 Å². The second-order valence-corrected chi connectivity index (χ2v) is 8.65. The summed E-state index contributed by atoms with van der Waals surface area (Å²) in [6.07, 6.45) is 2.66. The molecular formula is C17H34N4. The summed E-state index contributed by atoms with van der Waals surface area (Å²) >= 11 is 0. The first-order valence-electron chi connectivity index (χ1n) is 8.11. The van der Waals surface area contributed by atoms with Gasteiger partial charge in [0.05, 0.1) is 0 Å². The number of nitrogens with zero attached hydrogens (tertiary/aromatic N) is 3. The van der Waals surface area contributed by atoms with Gasteiger partial charge >= 0.3 is 0 Å². The van der Waals surface area contributed by atoms with Crippen molar-refractivity contribution in [2.24, 2.45) is 17.3 Å². The maximum Gasteiger partial charge on any atom is 0.138 e. The summed E-state index contributed by atoms with van der Waals surface area (Å²) in [5, 5.41) is 8.03. The number of aromatic nitrogens is 3. The molecule has 0 bridgehead atoms. The number of nitrogens with one attached hydrogen (secondary N) is 1. The van der Waals surface area contributed by atoms with E-state index < -0.39 is 0 Å². The van der Waals surface area contributed by atoms with E-state index >= 15 is 0 Å². The van der Waals surface area contributed by atoms with Crippen LogP contribution in [-0.4, -0.2) is 26.8 Å². The summed E-state index contributed by atoms with van der Waals surface area (Å²) in [6.45, 7) is 20.0. The molecule has 0 fully saturated rings. The Morgan fingerprint density at radius 3 is 2.24 bits per heavy atom. The molecule has 0 aliphatic heterocycles. The van der Waals surface area contributed by atoms with Crippen molar-refractivity contribution in [3.05, 3.63) is 12.2 Å². The van der Waals surface area contributed by atoms with Crippen LogP contribution in [0, 0.1) is 17.3 Å². The van der Waals surface area contributed by atoms with Crippen LogP contribution in [0.15, 0.2) is 6.33 Å². The average molecular weight is 294 g/mol. The highest BCUT2D eigenvalue weighted by molar-refractivity contribution is 4.92. The third-order valence-corrected chi connectivity index (χ3v) is 3.77. The molecule has 0 saturated heterocycles. The second-order valence-electron chi connectivity index (χ2n) is 8.65. The van der Waals surface area contributed by atoms with Gasteiger partial charge in [-0.1, -0.05) is 34.6 Å². The normalized spacial score (nSPS) is 14.7.